The molecule has 1 unspecified atom stereocenters. The Hall–Kier alpha value is -2.11. The van der Waals surface area contributed by atoms with Gasteiger partial charge in [-0.1, -0.05) is 18.2 Å². The van der Waals surface area contributed by atoms with Gasteiger partial charge in [-0.2, -0.15) is 0 Å². The Morgan fingerprint density at radius 3 is 2.31 bits per heavy atom. The first-order valence-corrected chi connectivity index (χ1v) is 4.51. The molecule has 0 saturated heterocycles. The Morgan fingerprint density at radius 2 is 1.88 bits per heavy atom. The molecule has 0 aliphatic rings. The minimum atomic E-state index is -1.42. The smallest absolute Gasteiger partial charge is 0.326 e. The van der Waals surface area contributed by atoms with E-state index in [2.05, 4.69) is 5.32 Å². The molecule has 0 aromatic carbocycles. The summed E-state index contributed by atoms with van der Waals surface area (Å²) in [7, 11) is 0. The molecule has 0 aromatic heterocycles. The summed E-state index contributed by atoms with van der Waals surface area (Å²) in [4.78, 5) is 32.0. The van der Waals surface area contributed by atoms with Crippen LogP contribution in [-0.4, -0.2) is 34.1 Å². The zero-order valence-corrected chi connectivity index (χ0v) is 8.71. The third-order valence-corrected chi connectivity index (χ3v) is 1.54. The van der Waals surface area contributed by atoms with E-state index in [1.54, 1.807) is 19.1 Å². The van der Waals surface area contributed by atoms with Crippen LogP contribution in [0.5, 0.6) is 0 Å². The van der Waals surface area contributed by atoms with Gasteiger partial charge in [-0.15, -0.1) is 0 Å². The lowest BCUT2D eigenvalue weighted by Crippen LogP contribution is -2.41. The van der Waals surface area contributed by atoms with Gasteiger partial charge in [0.05, 0.1) is 6.42 Å². The summed E-state index contributed by atoms with van der Waals surface area (Å²) < 4.78 is 0. The van der Waals surface area contributed by atoms with Gasteiger partial charge in [0.1, 0.15) is 6.04 Å². The molecule has 16 heavy (non-hydrogen) atoms. The molecule has 0 aromatic rings. The number of hydrogen-bond acceptors (Lipinski definition) is 3. The molecule has 6 nitrogen and oxygen atoms in total. The number of carboxylic acid groups (broad SMARTS) is 2. The van der Waals surface area contributed by atoms with Crippen molar-refractivity contribution in [1.29, 1.82) is 0 Å². The van der Waals surface area contributed by atoms with E-state index in [1.807, 2.05) is 0 Å². The van der Waals surface area contributed by atoms with Gasteiger partial charge < -0.3 is 15.5 Å². The van der Waals surface area contributed by atoms with Crippen LogP contribution in [0.15, 0.2) is 24.3 Å². The first-order valence-electron chi connectivity index (χ1n) is 4.51. The molecule has 6 heteroatoms. The molecule has 0 spiro atoms. The van der Waals surface area contributed by atoms with Crippen LogP contribution in [0.3, 0.4) is 0 Å². The van der Waals surface area contributed by atoms with Crippen molar-refractivity contribution in [3.8, 4) is 0 Å². The van der Waals surface area contributed by atoms with Crippen molar-refractivity contribution < 1.29 is 24.6 Å². The molecule has 0 radical (unpaired) electrons. The maximum Gasteiger partial charge on any atom is 0.326 e. The maximum absolute atomic E-state index is 11.1. The Labute approximate surface area is 92.3 Å². The van der Waals surface area contributed by atoms with Crippen molar-refractivity contribution in [3.63, 3.8) is 0 Å². The van der Waals surface area contributed by atoms with Gasteiger partial charge in [0.15, 0.2) is 0 Å². The van der Waals surface area contributed by atoms with Crippen LogP contribution >= 0.6 is 0 Å². The normalized spacial score (nSPS) is 12.8. The monoisotopic (exact) mass is 227 g/mol. The molecule has 0 rings (SSSR count). The van der Waals surface area contributed by atoms with E-state index in [9.17, 15) is 14.4 Å². The molecule has 0 heterocycles. The summed E-state index contributed by atoms with van der Waals surface area (Å²) in [5, 5.41) is 19.1. The number of amides is 1. The fourth-order valence-electron chi connectivity index (χ4n) is 0.849. The Balaban J connectivity index is 4.34. The van der Waals surface area contributed by atoms with Crippen molar-refractivity contribution in [2.24, 2.45) is 0 Å². The van der Waals surface area contributed by atoms with E-state index < -0.39 is 30.3 Å². The Kier molecular flexibility index (Phi) is 6.27. The van der Waals surface area contributed by atoms with E-state index in [4.69, 9.17) is 10.2 Å². The SMILES string of the molecule is C/C=C/C=C/C(=O)NC(CC(=O)O)C(=O)O. The molecular formula is C10H13NO5. The molecule has 0 bridgehead atoms. The first-order chi connectivity index (χ1) is 7.47. The van der Waals surface area contributed by atoms with Crippen molar-refractivity contribution in [2.45, 2.75) is 19.4 Å². The second-order valence-electron chi connectivity index (χ2n) is 2.88. The predicted molar refractivity (Wildman–Crippen MR) is 55.8 cm³/mol. The van der Waals surface area contributed by atoms with Crippen LogP contribution in [0.4, 0.5) is 0 Å². The van der Waals surface area contributed by atoms with Gasteiger partial charge >= 0.3 is 11.9 Å². The first kappa shape index (κ1) is 13.9. The van der Waals surface area contributed by atoms with Gasteiger partial charge in [-0.25, -0.2) is 4.79 Å². The average molecular weight is 227 g/mol. The number of aliphatic carboxylic acids is 2. The van der Waals surface area contributed by atoms with Gasteiger partial charge in [-0.3, -0.25) is 9.59 Å². The maximum atomic E-state index is 11.1. The fourth-order valence-corrected chi connectivity index (χ4v) is 0.849. The highest BCUT2D eigenvalue weighted by molar-refractivity contribution is 5.92. The number of carbonyl (C=O) groups excluding carboxylic acids is 1. The summed E-state index contributed by atoms with van der Waals surface area (Å²) in [6.45, 7) is 1.76. The van der Waals surface area contributed by atoms with Crippen LogP contribution in [0.2, 0.25) is 0 Å². The minimum Gasteiger partial charge on any atom is -0.481 e. The number of hydrogen-bond donors (Lipinski definition) is 3. The number of allylic oxidation sites excluding steroid dienone is 3. The molecule has 1 atom stereocenters. The zero-order valence-electron chi connectivity index (χ0n) is 8.71. The highest BCUT2D eigenvalue weighted by Crippen LogP contribution is 1.93. The van der Waals surface area contributed by atoms with Gasteiger partial charge in [0.2, 0.25) is 5.91 Å². The largest absolute Gasteiger partial charge is 0.481 e. The second kappa shape index (κ2) is 7.22. The number of nitrogens with one attached hydrogen (secondary N) is 1. The molecule has 1 amide bonds. The third-order valence-electron chi connectivity index (χ3n) is 1.54. The molecule has 0 saturated carbocycles. The molecule has 0 aliphatic carbocycles. The van der Waals surface area contributed by atoms with Crippen LogP contribution in [-0.2, 0) is 14.4 Å². The van der Waals surface area contributed by atoms with E-state index in [1.165, 1.54) is 6.08 Å². The van der Waals surface area contributed by atoms with Crippen molar-refractivity contribution in [2.75, 3.05) is 0 Å². The summed E-state index contributed by atoms with van der Waals surface area (Å²) in [5.74, 6) is -3.31. The number of rotatable bonds is 6. The summed E-state index contributed by atoms with van der Waals surface area (Å²) >= 11 is 0. The molecule has 0 fully saturated rings. The van der Waals surface area contributed by atoms with Crippen LogP contribution in [0.1, 0.15) is 13.3 Å². The van der Waals surface area contributed by atoms with Gasteiger partial charge in [0, 0.05) is 6.08 Å². The molecule has 88 valence electrons. The zero-order chi connectivity index (χ0) is 12.6. The van der Waals surface area contributed by atoms with Gasteiger partial charge in [0.25, 0.3) is 0 Å². The van der Waals surface area contributed by atoms with Crippen LogP contribution in [0.25, 0.3) is 0 Å². The third kappa shape index (κ3) is 6.36. The minimum absolute atomic E-state index is 0.647. The topological polar surface area (TPSA) is 104 Å². The number of carbonyl (C=O) groups is 3. The average Bonchev–Trinajstić information content (AvgIpc) is 2.16. The molecule has 3 N–H and O–H groups in total. The quantitative estimate of drug-likeness (QED) is 0.443. The number of carboxylic acids is 2. The Bertz CT molecular complexity index is 332. The predicted octanol–water partition coefficient (Wildman–Crippen LogP) is 0.163. The van der Waals surface area contributed by atoms with Crippen molar-refractivity contribution in [1.82, 2.24) is 5.32 Å². The standard InChI is InChI=1S/C10H13NO5/c1-2-3-4-5-8(12)11-7(10(15)16)6-9(13)14/h2-5,7H,6H2,1H3,(H,11,12)(H,13,14)(H,15,16)/b3-2+,5-4+. The highest BCUT2D eigenvalue weighted by Gasteiger charge is 2.21. The lowest BCUT2D eigenvalue weighted by molar-refractivity contribution is -0.146. The molecular weight excluding hydrogens is 214 g/mol. The van der Waals surface area contributed by atoms with E-state index in [0.717, 1.165) is 6.08 Å². The second-order valence-corrected chi connectivity index (χ2v) is 2.88. The van der Waals surface area contributed by atoms with Crippen LogP contribution in [0, 0.1) is 0 Å². The van der Waals surface area contributed by atoms with E-state index in [0.29, 0.717) is 0 Å². The van der Waals surface area contributed by atoms with Crippen LogP contribution < -0.4 is 5.32 Å². The lowest BCUT2D eigenvalue weighted by Gasteiger charge is -2.09. The highest BCUT2D eigenvalue weighted by atomic mass is 16.4. The van der Waals surface area contributed by atoms with Crippen molar-refractivity contribution >= 4 is 17.8 Å². The lowest BCUT2D eigenvalue weighted by atomic mass is 10.2. The summed E-state index contributed by atoms with van der Waals surface area (Å²) in [6, 6.07) is -1.42. The van der Waals surface area contributed by atoms with E-state index >= 15 is 0 Å². The summed E-state index contributed by atoms with van der Waals surface area (Å²) in [6.07, 6.45) is 5.17. The van der Waals surface area contributed by atoms with E-state index in [-0.39, 0.29) is 0 Å². The fraction of sp³-hybridized carbons (Fsp3) is 0.300. The summed E-state index contributed by atoms with van der Waals surface area (Å²) in [5.41, 5.74) is 0. The Morgan fingerprint density at radius 1 is 1.25 bits per heavy atom. The molecule has 0 aliphatic heterocycles. The van der Waals surface area contributed by atoms with Gasteiger partial charge in [-0.05, 0) is 6.92 Å². The van der Waals surface area contributed by atoms with Crippen molar-refractivity contribution in [3.05, 3.63) is 24.3 Å².